The third-order valence-corrected chi connectivity index (χ3v) is 6.25. The molecule has 0 saturated heterocycles. The molecule has 0 spiro atoms. The molecule has 1 fully saturated rings. The molecule has 1 heterocycles. The van der Waals surface area contributed by atoms with E-state index in [2.05, 4.69) is 5.10 Å². The minimum Gasteiger partial charge on any atom is -0.493 e. The molecule has 38 heavy (non-hydrogen) atoms. The van der Waals surface area contributed by atoms with Crippen molar-refractivity contribution in [1.82, 2.24) is 9.66 Å². The fourth-order valence-corrected chi connectivity index (χ4v) is 4.54. The van der Waals surface area contributed by atoms with Crippen LogP contribution in [0.2, 0.25) is 0 Å². The quantitative estimate of drug-likeness (QED) is 0.173. The van der Waals surface area contributed by atoms with Crippen molar-refractivity contribution in [3.05, 3.63) is 68.3 Å². The van der Waals surface area contributed by atoms with Gasteiger partial charge in [-0.05, 0) is 44.9 Å². The van der Waals surface area contributed by atoms with E-state index < -0.39 is 23.2 Å². The van der Waals surface area contributed by atoms with Gasteiger partial charge in [-0.2, -0.15) is 9.78 Å². The summed E-state index contributed by atoms with van der Waals surface area (Å²) < 4.78 is 17.1. The molecule has 2 aromatic carbocycles. The van der Waals surface area contributed by atoms with Crippen molar-refractivity contribution in [3.63, 3.8) is 0 Å². The van der Waals surface area contributed by atoms with Gasteiger partial charge in [0.05, 0.1) is 35.3 Å². The van der Waals surface area contributed by atoms with Gasteiger partial charge in [-0.3, -0.25) is 14.9 Å². The van der Waals surface area contributed by atoms with Gasteiger partial charge in [0.2, 0.25) is 5.75 Å². The van der Waals surface area contributed by atoms with Crippen LogP contribution in [0.1, 0.15) is 63.3 Å². The Hall–Kier alpha value is -4.28. The molecule has 3 aromatic rings. The van der Waals surface area contributed by atoms with E-state index in [0.717, 1.165) is 32.1 Å². The van der Waals surface area contributed by atoms with Crippen molar-refractivity contribution < 1.29 is 23.9 Å². The van der Waals surface area contributed by atoms with Gasteiger partial charge in [-0.25, -0.2) is 9.78 Å². The summed E-state index contributed by atoms with van der Waals surface area (Å²) in [5.41, 5.74) is 0.191. The third-order valence-electron chi connectivity index (χ3n) is 6.25. The average Bonchev–Trinajstić information content (AvgIpc) is 2.91. The Morgan fingerprint density at radius 3 is 2.66 bits per heavy atom. The average molecular weight is 523 g/mol. The van der Waals surface area contributed by atoms with Crippen LogP contribution in [0.15, 0.2) is 46.3 Å². The van der Waals surface area contributed by atoms with Crippen LogP contribution in [-0.2, 0) is 9.53 Å². The number of nitro benzene ring substituents is 1. The minimum absolute atomic E-state index is 0.0366. The standard InChI is InChI=1S/C27H30N4O7/c1-17(2)38-24(32)16-37-25-22(31(34)35)13-18(14-23(25)36-3)15-28-30-26(19-9-5-4-6-10-19)29-21-12-8-7-11-20(21)27(30)33/h7-8,11-15,17,19H,4-6,9-10,16H2,1-3H3. The highest BCUT2D eigenvalue weighted by Crippen LogP contribution is 2.38. The first kappa shape index (κ1) is 26.8. The van der Waals surface area contributed by atoms with Crippen molar-refractivity contribution in [3.8, 4) is 11.5 Å². The monoisotopic (exact) mass is 522 g/mol. The molecular weight excluding hydrogens is 492 g/mol. The van der Waals surface area contributed by atoms with E-state index in [9.17, 15) is 19.7 Å². The van der Waals surface area contributed by atoms with Crippen molar-refractivity contribution >= 4 is 28.8 Å². The molecule has 0 N–H and O–H groups in total. The number of esters is 1. The fraction of sp³-hybridized carbons (Fsp3) is 0.407. The van der Waals surface area contributed by atoms with Gasteiger partial charge in [0.15, 0.2) is 12.4 Å². The zero-order valence-electron chi connectivity index (χ0n) is 21.6. The number of rotatable bonds is 9. The predicted octanol–water partition coefficient (Wildman–Crippen LogP) is 4.57. The molecule has 0 amide bonds. The molecular formula is C27H30N4O7. The number of hydrogen-bond acceptors (Lipinski definition) is 9. The summed E-state index contributed by atoms with van der Waals surface area (Å²) in [5, 5.41) is 16.7. The summed E-state index contributed by atoms with van der Waals surface area (Å²) >= 11 is 0. The molecule has 0 unspecified atom stereocenters. The van der Waals surface area contributed by atoms with Crippen LogP contribution in [0.3, 0.4) is 0 Å². The summed E-state index contributed by atoms with van der Waals surface area (Å²) in [6.07, 6.45) is 6.06. The Morgan fingerprint density at radius 2 is 1.97 bits per heavy atom. The molecule has 0 radical (unpaired) electrons. The maximum atomic E-state index is 13.4. The molecule has 0 aliphatic heterocycles. The minimum atomic E-state index is -0.666. The first-order valence-electron chi connectivity index (χ1n) is 12.5. The molecule has 200 valence electrons. The highest BCUT2D eigenvalue weighted by molar-refractivity contribution is 5.84. The maximum Gasteiger partial charge on any atom is 0.344 e. The van der Waals surface area contributed by atoms with E-state index in [1.807, 2.05) is 6.07 Å². The van der Waals surface area contributed by atoms with Gasteiger partial charge in [0.1, 0.15) is 5.82 Å². The van der Waals surface area contributed by atoms with Crippen LogP contribution < -0.4 is 15.0 Å². The summed E-state index contributed by atoms with van der Waals surface area (Å²) in [7, 11) is 1.33. The Morgan fingerprint density at radius 1 is 1.24 bits per heavy atom. The number of nitrogens with zero attached hydrogens (tertiary/aromatic N) is 4. The van der Waals surface area contributed by atoms with E-state index >= 15 is 0 Å². The van der Waals surface area contributed by atoms with E-state index in [1.54, 1.807) is 32.0 Å². The number of nitro groups is 1. The lowest BCUT2D eigenvalue weighted by atomic mass is 9.88. The fourth-order valence-electron chi connectivity index (χ4n) is 4.54. The lowest BCUT2D eigenvalue weighted by Gasteiger charge is -2.22. The Labute approximate surface area is 219 Å². The van der Waals surface area contributed by atoms with Crippen molar-refractivity contribution in [2.45, 2.75) is 58.0 Å². The van der Waals surface area contributed by atoms with Gasteiger partial charge in [0.25, 0.3) is 5.56 Å². The first-order valence-corrected chi connectivity index (χ1v) is 12.5. The van der Waals surface area contributed by atoms with Gasteiger partial charge in [-0.1, -0.05) is 31.4 Å². The van der Waals surface area contributed by atoms with Crippen LogP contribution in [-0.4, -0.2) is 46.6 Å². The topological polar surface area (TPSA) is 135 Å². The van der Waals surface area contributed by atoms with Crippen LogP contribution in [0.25, 0.3) is 10.9 Å². The normalized spacial score (nSPS) is 14.2. The van der Waals surface area contributed by atoms with Gasteiger partial charge in [-0.15, -0.1) is 0 Å². The van der Waals surface area contributed by atoms with Crippen LogP contribution >= 0.6 is 0 Å². The molecule has 1 saturated carbocycles. The zero-order chi connectivity index (χ0) is 27.2. The lowest BCUT2D eigenvalue weighted by molar-refractivity contribution is -0.385. The number of hydrogen-bond donors (Lipinski definition) is 0. The lowest BCUT2D eigenvalue weighted by Crippen LogP contribution is -2.25. The second-order valence-electron chi connectivity index (χ2n) is 9.34. The number of fused-ring (bicyclic) bond motifs is 1. The molecule has 11 heteroatoms. The van der Waals surface area contributed by atoms with Crippen LogP contribution in [0.4, 0.5) is 5.69 Å². The first-order chi connectivity index (χ1) is 18.3. The largest absolute Gasteiger partial charge is 0.493 e. The molecule has 11 nitrogen and oxygen atoms in total. The number of carbonyl (C=O) groups excluding carboxylic acids is 1. The van der Waals surface area contributed by atoms with E-state index in [0.29, 0.717) is 22.3 Å². The highest BCUT2D eigenvalue weighted by atomic mass is 16.6. The van der Waals surface area contributed by atoms with Crippen LogP contribution in [0, 0.1) is 10.1 Å². The van der Waals surface area contributed by atoms with Gasteiger partial charge < -0.3 is 14.2 Å². The molecule has 4 rings (SSSR count). The molecule has 0 atom stereocenters. The Kier molecular flexibility index (Phi) is 8.35. The van der Waals surface area contributed by atoms with Crippen molar-refractivity contribution in [2.75, 3.05) is 13.7 Å². The molecule has 1 aliphatic rings. The number of aromatic nitrogens is 2. The molecule has 0 bridgehead atoms. The summed E-state index contributed by atoms with van der Waals surface area (Å²) in [4.78, 5) is 41.3. The highest BCUT2D eigenvalue weighted by Gasteiger charge is 2.25. The number of para-hydroxylation sites is 1. The second-order valence-corrected chi connectivity index (χ2v) is 9.34. The zero-order valence-corrected chi connectivity index (χ0v) is 21.6. The Balaban J connectivity index is 1.74. The Bertz CT molecular complexity index is 1420. The SMILES string of the molecule is COc1cc(C=Nn2c(C3CCCCC3)nc3ccccc3c2=O)cc([N+](=O)[O-])c1OCC(=O)OC(C)C. The van der Waals surface area contributed by atoms with Crippen molar-refractivity contribution in [1.29, 1.82) is 0 Å². The van der Waals surface area contributed by atoms with E-state index in [4.69, 9.17) is 19.2 Å². The predicted molar refractivity (Wildman–Crippen MR) is 141 cm³/mol. The van der Waals surface area contributed by atoms with Crippen LogP contribution in [0.5, 0.6) is 11.5 Å². The number of carbonyl (C=O) groups is 1. The number of benzene rings is 2. The van der Waals surface area contributed by atoms with E-state index in [-0.39, 0.29) is 29.1 Å². The van der Waals surface area contributed by atoms with Gasteiger partial charge in [0, 0.05) is 17.5 Å². The summed E-state index contributed by atoms with van der Waals surface area (Å²) in [6, 6.07) is 9.84. The summed E-state index contributed by atoms with van der Waals surface area (Å²) in [6.45, 7) is 2.85. The number of methoxy groups -OCH3 is 1. The number of ether oxygens (including phenoxy) is 3. The maximum absolute atomic E-state index is 13.4. The second kappa shape index (κ2) is 11.8. The van der Waals surface area contributed by atoms with E-state index in [1.165, 1.54) is 30.1 Å². The van der Waals surface area contributed by atoms with Crippen molar-refractivity contribution in [2.24, 2.45) is 5.10 Å². The molecule has 1 aliphatic carbocycles. The smallest absolute Gasteiger partial charge is 0.344 e. The summed E-state index contributed by atoms with van der Waals surface area (Å²) in [5.74, 6) is -0.170. The third kappa shape index (κ3) is 5.99. The van der Waals surface area contributed by atoms with Gasteiger partial charge >= 0.3 is 11.7 Å². The molecule has 1 aromatic heterocycles.